The molecule has 3 aliphatic heterocycles. The van der Waals surface area contributed by atoms with Crippen LogP contribution >= 0.6 is 35.3 Å². The second kappa shape index (κ2) is 64.4. The number of hydrogen-bond donors (Lipinski definition) is 0. The van der Waals surface area contributed by atoms with Crippen LogP contribution in [0.3, 0.4) is 0 Å². The number of allylic oxidation sites excluding steroid dienone is 1. The van der Waals surface area contributed by atoms with Gasteiger partial charge in [-0.15, -0.1) is 0 Å². The Morgan fingerprint density at radius 1 is 0.220 bits per heavy atom. The Morgan fingerprint density at radius 2 is 0.367 bits per heavy atom. The highest BCUT2D eigenvalue weighted by molar-refractivity contribution is 8.00. The summed E-state index contributed by atoms with van der Waals surface area (Å²) in [5.74, 6) is 0. The van der Waals surface area contributed by atoms with Gasteiger partial charge in [-0.1, -0.05) is 498 Å². The van der Waals surface area contributed by atoms with Crippen molar-refractivity contribution in [2.45, 2.75) is 454 Å². The largest absolute Gasteiger partial charge is 0.0999 e. The SMILES string of the molecule is C=C(CCCCCC)CCCCCCCC.CCCCCCCCC(C)(C)CCCCCC.CCCCCCCCC(C)(C)CCCCCC.CCCCCCCCC(C)(C)CCCCCC.c1ccc2c(c1)Cc1ccccc1S2.c1ccc2c(c1)Cc1ccccc1S2.c1ccc2c(c1)Cc1ccccc1S2. The van der Waals surface area contributed by atoms with Crippen molar-refractivity contribution in [1.82, 2.24) is 0 Å². The third kappa shape index (κ3) is 49.5. The van der Waals surface area contributed by atoms with Crippen molar-refractivity contribution in [2.24, 2.45) is 16.2 Å². The summed E-state index contributed by atoms with van der Waals surface area (Å²) < 4.78 is 0. The van der Waals surface area contributed by atoms with Crippen LogP contribution < -0.4 is 0 Å². The molecule has 0 N–H and O–H groups in total. The van der Waals surface area contributed by atoms with Gasteiger partial charge in [0, 0.05) is 29.4 Å². The molecule has 0 bridgehead atoms. The molecule has 0 saturated carbocycles. The van der Waals surface area contributed by atoms with E-state index in [2.05, 4.69) is 249 Å². The average Bonchev–Trinajstić information content (AvgIpc) is 0.823. The van der Waals surface area contributed by atoms with Gasteiger partial charge in [0.15, 0.2) is 0 Å². The fourth-order valence-electron chi connectivity index (χ4n) is 15.2. The molecule has 109 heavy (non-hydrogen) atoms. The van der Waals surface area contributed by atoms with Crippen molar-refractivity contribution >= 4 is 35.3 Å². The summed E-state index contributed by atoms with van der Waals surface area (Å²) in [4.78, 5) is 8.45. The number of hydrogen-bond acceptors (Lipinski definition) is 3. The van der Waals surface area contributed by atoms with Gasteiger partial charge < -0.3 is 0 Å². The first-order valence-corrected chi connectivity index (χ1v) is 48.6. The maximum Gasteiger partial charge on any atom is 0.0157 e. The topological polar surface area (TPSA) is 0 Å². The fourth-order valence-corrected chi connectivity index (χ4v) is 18.4. The van der Waals surface area contributed by atoms with E-state index >= 15 is 0 Å². The first-order chi connectivity index (χ1) is 53.0. The molecule has 0 radical (unpaired) electrons. The summed E-state index contributed by atoms with van der Waals surface area (Å²) in [6, 6.07) is 51.9. The van der Waals surface area contributed by atoms with Gasteiger partial charge in [0.2, 0.25) is 0 Å². The van der Waals surface area contributed by atoms with Crippen LogP contribution in [0.5, 0.6) is 0 Å². The number of fused-ring (bicyclic) bond motifs is 6. The molecular formula is C106H170S3. The van der Waals surface area contributed by atoms with Crippen LogP contribution in [0.2, 0.25) is 0 Å². The molecule has 0 unspecified atom stereocenters. The zero-order valence-electron chi connectivity index (χ0n) is 73.9. The Morgan fingerprint density at radius 3 is 0.560 bits per heavy atom. The van der Waals surface area contributed by atoms with Crippen molar-refractivity contribution in [3.05, 3.63) is 191 Å². The quantitative estimate of drug-likeness (QED) is 0.0276. The van der Waals surface area contributed by atoms with Crippen LogP contribution in [0, 0.1) is 16.2 Å². The minimum Gasteiger partial charge on any atom is -0.0999 e. The molecule has 3 heterocycles. The zero-order valence-corrected chi connectivity index (χ0v) is 76.3. The third-order valence-corrected chi connectivity index (χ3v) is 26.4. The monoisotopic (exact) mass is 1540 g/mol. The number of unbranched alkanes of at least 4 members (excludes halogenated alkanes) is 32. The lowest BCUT2D eigenvalue weighted by Gasteiger charge is -2.24. The Labute approximate surface area is 691 Å². The molecule has 0 saturated heterocycles. The minimum absolute atomic E-state index is 0.596. The van der Waals surface area contributed by atoms with Crippen LogP contribution in [0.1, 0.15) is 439 Å². The third-order valence-electron chi connectivity index (χ3n) is 22.6. The molecule has 6 aromatic rings. The Bertz CT molecular complexity index is 2560. The Balaban J connectivity index is 0.000000330. The number of rotatable bonds is 48. The molecule has 0 nitrogen and oxygen atoms in total. The lowest BCUT2D eigenvalue weighted by Crippen LogP contribution is -2.11. The van der Waals surface area contributed by atoms with Crippen molar-refractivity contribution in [3.8, 4) is 0 Å². The molecule has 0 atom stereocenters. The van der Waals surface area contributed by atoms with Crippen LogP contribution in [-0.2, 0) is 19.3 Å². The van der Waals surface area contributed by atoms with Crippen molar-refractivity contribution in [1.29, 1.82) is 0 Å². The first kappa shape index (κ1) is 99.3. The molecular weight excluding hydrogens is 1370 g/mol. The first-order valence-electron chi connectivity index (χ1n) is 46.1. The molecule has 0 amide bonds. The summed E-state index contributed by atoms with van der Waals surface area (Å²) in [6.07, 6.45) is 71.1. The molecule has 3 heteroatoms. The summed E-state index contributed by atoms with van der Waals surface area (Å²) in [7, 11) is 0. The molecule has 9 rings (SSSR count). The highest BCUT2D eigenvalue weighted by atomic mass is 32.2. The lowest BCUT2D eigenvalue weighted by atomic mass is 9.82. The number of benzene rings is 6. The maximum atomic E-state index is 4.19. The predicted molar refractivity (Wildman–Crippen MR) is 497 cm³/mol. The van der Waals surface area contributed by atoms with Crippen LogP contribution in [0.4, 0.5) is 0 Å². The summed E-state index contributed by atoms with van der Waals surface area (Å²) in [5.41, 5.74) is 12.0. The zero-order chi connectivity index (χ0) is 79.2. The lowest BCUT2D eigenvalue weighted by molar-refractivity contribution is 0.282. The van der Waals surface area contributed by atoms with Gasteiger partial charge >= 0.3 is 0 Å². The fraction of sp³-hybridized carbons (Fsp3) is 0.642. The highest BCUT2D eigenvalue weighted by Gasteiger charge is 2.21. The van der Waals surface area contributed by atoms with E-state index in [0.29, 0.717) is 16.2 Å². The average molecular weight is 1540 g/mol. The van der Waals surface area contributed by atoms with Gasteiger partial charge in [-0.25, -0.2) is 0 Å². The van der Waals surface area contributed by atoms with Gasteiger partial charge in [0.05, 0.1) is 0 Å². The summed E-state index contributed by atoms with van der Waals surface area (Å²) in [5, 5.41) is 0. The highest BCUT2D eigenvalue weighted by Crippen LogP contribution is 2.42. The molecule has 6 aromatic carbocycles. The second-order valence-electron chi connectivity index (χ2n) is 35.0. The summed E-state index contributed by atoms with van der Waals surface area (Å²) in [6.45, 7) is 37.3. The van der Waals surface area contributed by atoms with Gasteiger partial charge in [-0.2, -0.15) is 0 Å². The second-order valence-corrected chi connectivity index (χ2v) is 38.3. The van der Waals surface area contributed by atoms with Gasteiger partial charge in [-0.3, -0.25) is 0 Å². The Hall–Kier alpha value is -3.89. The molecule has 3 aliphatic rings. The smallest absolute Gasteiger partial charge is 0.0157 e. The van der Waals surface area contributed by atoms with Gasteiger partial charge in [-0.05, 0) is 169 Å². The molecule has 612 valence electrons. The van der Waals surface area contributed by atoms with Crippen molar-refractivity contribution in [2.75, 3.05) is 0 Å². The molecule has 0 aliphatic carbocycles. The van der Waals surface area contributed by atoms with E-state index in [1.54, 1.807) is 0 Å². The maximum absolute atomic E-state index is 4.19. The molecule has 0 spiro atoms. The molecule has 0 aromatic heterocycles. The van der Waals surface area contributed by atoms with Crippen LogP contribution in [0.15, 0.2) is 187 Å². The standard InChI is InChI=1S/3C17H36.C16H32.3C13H10S/c3*1-5-7-9-11-12-14-16-17(3,4)15-13-10-8-6-2;1-4-6-8-10-11-13-15-16(3)14-12-9-7-5-2;3*1-3-7-12-10(5-1)9-11-6-2-4-8-13(11)14-12/h3*5-16H2,1-4H3;3-15H2,1-2H3;3*1-8H,9H2. The Kier molecular flexibility index (Phi) is 58.7. The van der Waals surface area contributed by atoms with E-state index in [1.165, 1.54) is 377 Å². The van der Waals surface area contributed by atoms with Crippen LogP contribution in [0.25, 0.3) is 0 Å². The van der Waals surface area contributed by atoms with E-state index in [1.807, 2.05) is 35.3 Å². The minimum atomic E-state index is 0.596. The molecule has 0 fully saturated rings. The van der Waals surface area contributed by atoms with Crippen molar-refractivity contribution in [3.63, 3.8) is 0 Å². The van der Waals surface area contributed by atoms with E-state index in [-0.39, 0.29) is 0 Å². The predicted octanol–water partition coefficient (Wildman–Crippen LogP) is 37.7. The van der Waals surface area contributed by atoms with E-state index in [0.717, 1.165) is 19.3 Å². The van der Waals surface area contributed by atoms with Gasteiger partial charge in [0.1, 0.15) is 0 Å². The summed E-state index contributed by atoms with van der Waals surface area (Å²) >= 11 is 5.65. The normalized spacial score (nSPS) is 12.2. The van der Waals surface area contributed by atoms with E-state index in [4.69, 9.17) is 0 Å². The van der Waals surface area contributed by atoms with Gasteiger partial charge in [0.25, 0.3) is 0 Å². The van der Waals surface area contributed by atoms with Crippen molar-refractivity contribution < 1.29 is 0 Å². The van der Waals surface area contributed by atoms with Crippen LogP contribution in [-0.4, -0.2) is 0 Å². The van der Waals surface area contributed by atoms with E-state index < -0.39 is 0 Å². The van der Waals surface area contributed by atoms with E-state index in [9.17, 15) is 0 Å².